The molecule has 2 aromatic carbocycles. The van der Waals surface area contributed by atoms with Crippen LogP contribution in [0.4, 0.5) is 0 Å². The molecular formula is C18H20O2. The van der Waals surface area contributed by atoms with Crippen molar-refractivity contribution < 1.29 is 9.47 Å². The third-order valence-electron chi connectivity index (χ3n) is 3.74. The molecule has 0 spiro atoms. The molecule has 2 nitrogen and oxygen atoms in total. The molecule has 0 bridgehead atoms. The average molecular weight is 268 g/mol. The van der Waals surface area contributed by atoms with E-state index in [4.69, 9.17) is 9.47 Å². The summed E-state index contributed by atoms with van der Waals surface area (Å²) in [6, 6.07) is 14.8. The van der Waals surface area contributed by atoms with E-state index in [1.165, 1.54) is 29.5 Å². The standard InChI is InChI=1S/C18H20O2/c1-13-3-10-17(18(11-13)19-2)20-12-14-4-6-15(7-5-14)16-8-9-16/h3-7,10-11,16H,8-9,12H2,1-2H3. The van der Waals surface area contributed by atoms with Crippen molar-refractivity contribution in [2.75, 3.05) is 7.11 Å². The van der Waals surface area contributed by atoms with Crippen molar-refractivity contribution in [2.45, 2.75) is 32.3 Å². The Kier molecular flexibility index (Phi) is 3.64. The molecule has 1 saturated carbocycles. The SMILES string of the molecule is COc1cc(C)ccc1OCc1ccc(C2CC2)cc1. The largest absolute Gasteiger partial charge is 0.493 e. The van der Waals surface area contributed by atoms with Crippen LogP contribution in [0.15, 0.2) is 42.5 Å². The molecule has 0 aliphatic heterocycles. The van der Waals surface area contributed by atoms with Crippen molar-refractivity contribution in [3.05, 3.63) is 59.2 Å². The number of hydrogen-bond donors (Lipinski definition) is 0. The zero-order chi connectivity index (χ0) is 13.9. The molecule has 0 aromatic heterocycles. The minimum atomic E-state index is 0.574. The second kappa shape index (κ2) is 5.58. The number of rotatable bonds is 5. The molecule has 0 amide bonds. The van der Waals surface area contributed by atoms with Gasteiger partial charge in [0.25, 0.3) is 0 Å². The molecule has 1 fully saturated rings. The van der Waals surface area contributed by atoms with Crippen LogP contribution in [0.25, 0.3) is 0 Å². The Hall–Kier alpha value is -1.96. The van der Waals surface area contributed by atoms with Gasteiger partial charge in [0.15, 0.2) is 11.5 Å². The molecule has 0 atom stereocenters. The second-order valence-electron chi connectivity index (χ2n) is 5.46. The van der Waals surface area contributed by atoms with Gasteiger partial charge in [-0.2, -0.15) is 0 Å². The molecule has 0 saturated heterocycles. The molecule has 3 rings (SSSR count). The van der Waals surface area contributed by atoms with E-state index in [0.29, 0.717) is 6.61 Å². The fourth-order valence-electron chi connectivity index (χ4n) is 2.36. The van der Waals surface area contributed by atoms with Gasteiger partial charge in [0.05, 0.1) is 7.11 Å². The van der Waals surface area contributed by atoms with Gasteiger partial charge < -0.3 is 9.47 Å². The predicted molar refractivity (Wildman–Crippen MR) is 80.5 cm³/mol. The van der Waals surface area contributed by atoms with Crippen LogP contribution in [-0.4, -0.2) is 7.11 Å². The van der Waals surface area contributed by atoms with Gasteiger partial charge in [0.1, 0.15) is 6.61 Å². The predicted octanol–water partition coefficient (Wildman–Crippen LogP) is 4.46. The lowest BCUT2D eigenvalue weighted by Crippen LogP contribution is -1.98. The van der Waals surface area contributed by atoms with Crippen molar-refractivity contribution >= 4 is 0 Å². The summed E-state index contributed by atoms with van der Waals surface area (Å²) in [5.74, 6) is 2.39. The zero-order valence-electron chi connectivity index (χ0n) is 12.1. The highest BCUT2D eigenvalue weighted by atomic mass is 16.5. The molecule has 0 heterocycles. The highest BCUT2D eigenvalue weighted by molar-refractivity contribution is 5.42. The normalized spacial score (nSPS) is 14.1. The summed E-state index contributed by atoms with van der Waals surface area (Å²) in [4.78, 5) is 0. The second-order valence-corrected chi connectivity index (χ2v) is 5.46. The average Bonchev–Trinajstić information content (AvgIpc) is 3.31. The lowest BCUT2D eigenvalue weighted by Gasteiger charge is -2.11. The summed E-state index contributed by atoms with van der Waals surface area (Å²) < 4.78 is 11.2. The topological polar surface area (TPSA) is 18.5 Å². The van der Waals surface area contributed by atoms with Crippen molar-refractivity contribution in [1.29, 1.82) is 0 Å². The third kappa shape index (κ3) is 2.96. The van der Waals surface area contributed by atoms with E-state index in [2.05, 4.69) is 24.3 Å². The van der Waals surface area contributed by atoms with Crippen molar-refractivity contribution in [3.8, 4) is 11.5 Å². The van der Waals surface area contributed by atoms with Gasteiger partial charge in [-0.1, -0.05) is 30.3 Å². The van der Waals surface area contributed by atoms with Crippen LogP contribution >= 0.6 is 0 Å². The molecule has 2 aromatic rings. The van der Waals surface area contributed by atoms with Crippen LogP contribution in [0.3, 0.4) is 0 Å². The molecule has 2 heteroatoms. The van der Waals surface area contributed by atoms with Crippen LogP contribution in [0.1, 0.15) is 35.4 Å². The molecule has 0 radical (unpaired) electrons. The molecule has 20 heavy (non-hydrogen) atoms. The summed E-state index contributed by atoms with van der Waals surface area (Å²) in [7, 11) is 1.67. The van der Waals surface area contributed by atoms with Crippen molar-refractivity contribution in [1.82, 2.24) is 0 Å². The van der Waals surface area contributed by atoms with Gasteiger partial charge in [-0.25, -0.2) is 0 Å². The maximum absolute atomic E-state index is 5.86. The van der Waals surface area contributed by atoms with Gasteiger partial charge in [0, 0.05) is 0 Å². The van der Waals surface area contributed by atoms with Crippen LogP contribution in [0, 0.1) is 6.92 Å². The Labute approximate surface area is 120 Å². The summed E-state index contributed by atoms with van der Waals surface area (Å²) in [5.41, 5.74) is 3.82. The quantitative estimate of drug-likeness (QED) is 0.797. The van der Waals surface area contributed by atoms with E-state index in [0.717, 1.165) is 17.4 Å². The number of hydrogen-bond acceptors (Lipinski definition) is 2. The Morgan fingerprint density at radius 1 is 1.00 bits per heavy atom. The van der Waals surface area contributed by atoms with Gasteiger partial charge in [-0.05, 0) is 54.5 Å². The van der Waals surface area contributed by atoms with Crippen LogP contribution in [0.2, 0.25) is 0 Å². The maximum atomic E-state index is 5.86. The summed E-state index contributed by atoms with van der Waals surface area (Å²) in [6.07, 6.45) is 2.69. The van der Waals surface area contributed by atoms with Crippen LogP contribution in [-0.2, 0) is 6.61 Å². The molecule has 0 unspecified atom stereocenters. The number of ether oxygens (including phenoxy) is 2. The number of methoxy groups -OCH3 is 1. The Morgan fingerprint density at radius 3 is 2.40 bits per heavy atom. The third-order valence-corrected chi connectivity index (χ3v) is 3.74. The van der Waals surface area contributed by atoms with Crippen LogP contribution in [0.5, 0.6) is 11.5 Å². The van der Waals surface area contributed by atoms with E-state index < -0.39 is 0 Å². The molecule has 104 valence electrons. The van der Waals surface area contributed by atoms with E-state index in [9.17, 15) is 0 Å². The highest BCUT2D eigenvalue weighted by Crippen LogP contribution is 2.40. The number of aryl methyl sites for hydroxylation is 1. The zero-order valence-corrected chi connectivity index (χ0v) is 12.1. The Bertz CT molecular complexity index is 583. The summed E-state index contributed by atoms with van der Waals surface area (Å²) >= 11 is 0. The van der Waals surface area contributed by atoms with Crippen molar-refractivity contribution in [3.63, 3.8) is 0 Å². The monoisotopic (exact) mass is 268 g/mol. The lowest BCUT2D eigenvalue weighted by atomic mass is 10.1. The molecule has 1 aliphatic rings. The van der Waals surface area contributed by atoms with E-state index in [-0.39, 0.29) is 0 Å². The van der Waals surface area contributed by atoms with Gasteiger partial charge in [-0.3, -0.25) is 0 Å². The molecule has 1 aliphatic carbocycles. The minimum absolute atomic E-state index is 0.574. The van der Waals surface area contributed by atoms with Gasteiger partial charge >= 0.3 is 0 Å². The first-order chi connectivity index (χ1) is 9.76. The highest BCUT2D eigenvalue weighted by Gasteiger charge is 2.22. The first kappa shape index (κ1) is 13.0. The first-order valence-corrected chi connectivity index (χ1v) is 7.12. The minimum Gasteiger partial charge on any atom is -0.493 e. The van der Waals surface area contributed by atoms with Crippen molar-refractivity contribution in [2.24, 2.45) is 0 Å². The Morgan fingerprint density at radius 2 is 1.75 bits per heavy atom. The molecular weight excluding hydrogens is 248 g/mol. The molecule has 0 N–H and O–H groups in total. The van der Waals surface area contributed by atoms with E-state index in [1.807, 2.05) is 25.1 Å². The van der Waals surface area contributed by atoms with Gasteiger partial charge in [-0.15, -0.1) is 0 Å². The van der Waals surface area contributed by atoms with Gasteiger partial charge in [0.2, 0.25) is 0 Å². The first-order valence-electron chi connectivity index (χ1n) is 7.12. The van der Waals surface area contributed by atoms with E-state index >= 15 is 0 Å². The number of benzene rings is 2. The smallest absolute Gasteiger partial charge is 0.161 e. The lowest BCUT2D eigenvalue weighted by molar-refractivity contribution is 0.284. The fourth-order valence-corrected chi connectivity index (χ4v) is 2.36. The summed E-state index contributed by atoms with van der Waals surface area (Å²) in [5, 5.41) is 0. The Balaban J connectivity index is 1.66. The van der Waals surface area contributed by atoms with Crippen LogP contribution < -0.4 is 9.47 Å². The van der Waals surface area contributed by atoms with E-state index in [1.54, 1.807) is 7.11 Å². The maximum Gasteiger partial charge on any atom is 0.161 e. The summed E-state index contributed by atoms with van der Waals surface area (Å²) in [6.45, 7) is 2.62. The fraction of sp³-hybridized carbons (Fsp3) is 0.333.